The van der Waals surface area contributed by atoms with Gasteiger partial charge in [0.15, 0.2) is 5.82 Å². The van der Waals surface area contributed by atoms with Gasteiger partial charge in [-0.3, -0.25) is 4.79 Å². The van der Waals surface area contributed by atoms with Crippen molar-refractivity contribution in [3.8, 4) is 22.8 Å². The zero-order chi connectivity index (χ0) is 30.5. The molecular weight excluding hydrogens is 544 g/mol. The van der Waals surface area contributed by atoms with E-state index in [0.29, 0.717) is 55.2 Å². The predicted molar refractivity (Wildman–Crippen MR) is 170 cm³/mol. The van der Waals surface area contributed by atoms with Crippen LogP contribution in [0.15, 0.2) is 61.4 Å². The van der Waals surface area contributed by atoms with E-state index >= 15 is 0 Å². The molecule has 1 amide bonds. The fourth-order valence-electron chi connectivity index (χ4n) is 5.04. The summed E-state index contributed by atoms with van der Waals surface area (Å²) in [5, 5.41) is 11.2. The van der Waals surface area contributed by atoms with E-state index in [1.807, 2.05) is 38.5 Å². The Kier molecular flexibility index (Phi) is 9.03. The number of carbonyl (C=O) groups is 1. The van der Waals surface area contributed by atoms with E-state index in [1.54, 1.807) is 18.0 Å². The molecule has 3 heterocycles. The first-order valence-electron chi connectivity index (χ1n) is 14.1. The summed E-state index contributed by atoms with van der Waals surface area (Å²) in [4.78, 5) is 25.8. The molecule has 0 unspecified atom stereocenters. The number of nitrogens with zero attached hydrogens (tertiary/aromatic N) is 6. The number of amides is 1. The lowest BCUT2D eigenvalue weighted by molar-refractivity contribution is -0.111. The molecule has 43 heavy (non-hydrogen) atoms. The monoisotopic (exact) mass is 582 g/mol. The van der Waals surface area contributed by atoms with Crippen molar-refractivity contribution >= 4 is 28.9 Å². The molecule has 2 aromatic carbocycles. The Labute approximate surface area is 252 Å². The van der Waals surface area contributed by atoms with Crippen LogP contribution in [-0.4, -0.2) is 78.1 Å². The summed E-state index contributed by atoms with van der Waals surface area (Å²) in [5.74, 6) is 1.24. The minimum absolute atomic E-state index is 0.310. The van der Waals surface area contributed by atoms with Crippen molar-refractivity contribution in [2.75, 3.05) is 63.0 Å². The molecule has 2 N–H and O–H groups in total. The van der Waals surface area contributed by atoms with Crippen LogP contribution in [0.5, 0.6) is 5.75 Å². The Morgan fingerprint density at radius 3 is 2.65 bits per heavy atom. The van der Waals surface area contributed by atoms with Crippen molar-refractivity contribution < 1.29 is 14.3 Å². The van der Waals surface area contributed by atoms with E-state index in [0.717, 1.165) is 34.6 Å². The molecule has 0 atom stereocenters. The fourth-order valence-corrected chi connectivity index (χ4v) is 5.04. The number of aryl methyl sites for hydroxylation is 2. The van der Waals surface area contributed by atoms with Crippen molar-refractivity contribution in [3.63, 3.8) is 0 Å². The maximum atomic E-state index is 12.3. The summed E-state index contributed by atoms with van der Waals surface area (Å²) in [6.45, 7) is 11.1. The number of anilines is 4. The summed E-state index contributed by atoms with van der Waals surface area (Å²) in [6, 6.07) is 11.9. The Balaban J connectivity index is 1.51. The summed E-state index contributed by atoms with van der Waals surface area (Å²) in [7, 11) is 5.69. The van der Waals surface area contributed by atoms with E-state index < -0.39 is 0 Å². The quantitative estimate of drug-likeness (QED) is 0.257. The molecule has 1 fully saturated rings. The van der Waals surface area contributed by atoms with Gasteiger partial charge in [0, 0.05) is 55.3 Å². The van der Waals surface area contributed by atoms with Gasteiger partial charge in [0.05, 0.1) is 43.1 Å². The van der Waals surface area contributed by atoms with Crippen LogP contribution in [0.4, 0.5) is 23.0 Å². The molecule has 1 saturated heterocycles. The number of ether oxygens (including phenoxy) is 2. The van der Waals surface area contributed by atoms with Crippen molar-refractivity contribution in [1.29, 1.82) is 0 Å². The average molecular weight is 583 g/mol. The lowest BCUT2D eigenvalue weighted by atomic mass is 10.0. The third-order valence-electron chi connectivity index (χ3n) is 7.16. The predicted octanol–water partition coefficient (Wildman–Crippen LogP) is 4.72. The topological polar surface area (TPSA) is 110 Å². The molecule has 2 aromatic heterocycles. The van der Waals surface area contributed by atoms with E-state index in [1.165, 1.54) is 11.6 Å². The maximum absolute atomic E-state index is 12.3. The first-order valence-corrected chi connectivity index (χ1v) is 14.1. The third kappa shape index (κ3) is 6.85. The second-order valence-electron chi connectivity index (χ2n) is 10.7. The Bertz CT molecular complexity index is 1630. The number of carbonyl (C=O) groups excluding carboxylic acids is 1. The number of rotatable bonds is 10. The highest BCUT2D eigenvalue weighted by Gasteiger charge is 2.21. The van der Waals surface area contributed by atoms with Crippen LogP contribution in [-0.2, 0) is 16.1 Å². The number of hydrogen-bond acceptors (Lipinski definition) is 9. The largest absolute Gasteiger partial charge is 0.494 e. The van der Waals surface area contributed by atoms with Gasteiger partial charge >= 0.3 is 0 Å². The summed E-state index contributed by atoms with van der Waals surface area (Å²) in [5.41, 5.74) is 7.50. The highest BCUT2D eigenvalue weighted by Crippen LogP contribution is 2.38. The fraction of sp³-hybridized carbons (Fsp3) is 0.312. The molecule has 0 radical (unpaired) electrons. The van der Waals surface area contributed by atoms with Crippen LogP contribution in [0, 0.1) is 13.8 Å². The molecule has 11 nitrogen and oxygen atoms in total. The summed E-state index contributed by atoms with van der Waals surface area (Å²) >= 11 is 0. The lowest BCUT2D eigenvalue weighted by Gasteiger charge is -2.31. The van der Waals surface area contributed by atoms with Crippen LogP contribution >= 0.6 is 0 Å². The second-order valence-corrected chi connectivity index (χ2v) is 10.7. The van der Waals surface area contributed by atoms with E-state index in [-0.39, 0.29) is 5.91 Å². The van der Waals surface area contributed by atoms with Crippen LogP contribution in [0.3, 0.4) is 0 Å². The van der Waals surface area contributed by atoms with Gasteiger partial charge in [-0.2, -0.15) is 10.1 Å². The molecule has 224 valence electrons. The van der Waals surface area contributed by atoms with Gasteiger partial charge < -0.3 is 29.9 Å². The standard InChI is InChI=1S/C32H38N8O3/c1-7-30(41)34-25-17-26(28(42-6)18-27(25)39-12-14-43-15-13-39)35-32-33-11-10-29(36-32)40-20-23(19-38(4)5)31(37-40)24-16-21(2)8-9-22(24)3/h7-11,16-18,20H,1,12-15,19H2,2-6H3,(H,34,41)(H,33,35,36). The molecule has 4 aromatic rings. The number of methoxy groups -OCH3 is 1. The zero-order valence-electron chi connectivity index (χ0n) is 25.3. The van der Waals surface area contributed by atoms with Gasteiger partial charge in [-0.25, -0.2) is 9.67 Å². The lowest BCUT2D eigenvalue weighted by Crippen LogP contribution is -2.36. The average Bonchev–Trinajstić information content (AvgIpc) is 3.42. The van der Waals surface area contributed by atoms with Gasteiger partial charge in [-0.1, -0.05) is 24.3 Å². The zero-order valence-corrected chi connectivity index (χ0v) is 25.3. The van der Waals surface area contributed by atoms with Crippen molar-refractivity contribution in [3.05, 3.63) is 78.1 Å². The van der Waals surface area contributed by atoms with Crippen molar-refractivity contribution in [2.24, 2.45) is 0 Å². The molecular formula is C32H38N8O3. The number of benzene rings is 2. The Morgan fingerprint density at radius 1 is 1.14 bits per heavy atom. The molecule has 11 heteroatoms. The van der Waals surface area contributed by atoms with Crippen molar-refractivity contribution in [1.82, 2.24) is 24.6 Å². The molecule has 0 bridgehead atoms. The molecule has 1 aliphatic heterocycles. The molecule has 1 aliphatic rings. The van der Waals surface area contributed by atoms with Gasteiger partial charge in [0.2, 0.25) is 11.9 Å². The van der Waals surface area contributed by atoms with Crippen LogP contribution < -0.4 is 20.3 Å². The van der Waals surface area contributed by atoms with Crippen LogP contribution in [0.25, 0.3) is 17.1 Å². The van der Waals surface area contributed by atoms with Crippen LogP contribution in [0.2, 0.25) is 0 Å². The van der Waals surface area contributed by atoms with Gasteiger partial charge in [-0.05, 0) is 51.7 Å². The number of nitrogens with one attached hydrogen (secondary N) is 2. The third-order valence-corrected chi connectivity index (χ3v) is 7.16. The van der Waals surface area contributed by atoms with Gasteiger partial charge in [0.25, 0.3) is 0 Å². The van der Waals surface area contributed by atoms with Gasteiger partial charge in [0.1, 0.15) is 5.75 Å². The van der Waals surface area contributed by atoms with E-state index in [2.05, 4.69) is 64.0 Å². The Hall–Kier alpha value is -4.74. The summed E-state index contributed by atoms with van der Waals surface area (Å²) in [6.07, 6.45) is 4.95. The molecule has 0 spiro atoms. The molecule has 5 rings (SSSR count). The van der Waals surface area contributed by atoms with Gasteiger partial charge in [-0.15, -0.1) is 0 Å². The first kappa shape index (κ1) is 29.7. The molecule has 0 saturated carbocycles. The number of aromatic nitrogens is 4. The number of morpholine rings is 1. The highest BCUT2D eigenvalue weighted by molar-refractivity contribution is 6.02. The maximum Gasteiger partial charge on any atom is 0.247 e. The first-order chi connectivity index (χ1) is 20.7. The van der Waals surface area contributed by atoms with Crippen LogP contribution in [0.1, 0.15) is 16.7 Å². The smallest absolute Gasteiger partial charge is 0.247 e. The second kappa shape index (κ2) is 13.1. The normalized spacial score (nSPS) is 13.2. The SMILES string of the molecule is C=CC(=O)Nc1cc(Nc2nccc(-n3cc(CN(C)C)c(-c4cc(C)ccc4C)n3)n2)c(OC)cc1N1CCOCC1. The van der Waals surface area contributed by atoms with E-state index in [4.69, 9.17) is 19.6 Å². The summed E-state index contributed by atoms with van der Waals surface area (Å²) < 4.78 is 13.1. The molecule has 0 aliphatic carbocycles. The minimum atomic E-state index is -0.310. The minimum Gasteiger partial charge on any atom is -0.494 e. The van der Waals surface area contributed by atoms with Crippen molar-refractivity contribution in [2.45, 2.75) is 20.4 Å². The number of hydrogen-bond donors (Lipinski definition) is 2. The van der Waals surface area contributed by atoms with E-state index in [9.17, 15) is 4.79 Å². The Morgan fingerprint density at radius 2 is 1.93 bits per heavy atom. The highest BCUT2D eigenvalue weighted by atomic mass is 16.5.